The summed E-state index contributed by atoms with van der Waals surface area (Å²) in [5.41, 5.74) is 5.68. The third-order valence-electron chi connectivity index (χ3n) is 2.82. The molecule has 86 valence electrons. The lowest BCUT2D eigenvalue weighted by Crippen LogP contribution is -2.48. The van der Waals surface area contributed by atoms with E-state index in [4.69, 9.17) is 5.73 Å². The number of likely N-dealkylation sites (tertiary alicyclic amines) is 1. The molecule has 0 aromatic carbocycles. The number of rotatable bonds is 4. The third-order valence-corrected chi connectivity index (χ3v) is 2.82. The van der Waals surface area contributed by atoms with E-state index < -0.39 is 6.04 Å². The van der Waals surface area contributed by atoms with Gasteiger partial charge in [0.1, 0.15) is 0 Å². The Kier molecular flexibility index (Phi) is 4.78. The molecule has 1 amide bonds. The van der Waals surface area contributed by atoms with Crippen molar-refractivity contribution in [1.29, 1.82) is 0 Å². The molecule has 0 spiro atoms. The van der Waals surface area contributed by atoms with Crippen LogP contribution in [0.3, 0.4) is 0 Å². The van der Waals surface area contributed by atoms with Crippen molar-refractivity contribution in [3.05, 3.63) is 12.7 Å². The topological polar surface area (TPSA) is 58.4 Å². The summed E-state index contributed by atoms with van der Waals surface area (Å²) in [7, 11) is 2.10. The molecule has 3 N–H and O–H groups in total. The van der Waals surface area contributed by atoms with Crippen molar-refractivity contribution < 1.29 is 4.79 Å². The average molecular weight is 211 g/mol. The number of hydrogen-bond donors (Lipinski definition) is 2. The molecule has 0 radical (unpaired) electrons. The lowest BCUT2D eigenvalue weighted by Gasteiger charge is -2.30. The van der Waals surface area contributed by atoms with Gasteiger partial charge in [0.25, 0.3) is 0 Å². The molecule has 4 heteroatoms. The summed E-state index contributed by atoms with van der Waals surface area (Å²) in [6, 6.07) is -0.147. The summed E-state index contributed by atoms with van der Waals surface area (Å²) in [6.45, 7) is 5.66. The van der Waals surface area contributed by atoms with E-state index >= 15 is 0 Å². The van der Waals surface area contributed by atoms with Crippen LogP contribution in [0.25, 0.3) is 0 Å². The highest BCUT2D eigenvalue weighted by Gasteiger charge is 2.20. The lowest BCUT2D eigenvalue weighted by molar-refractivity contribution is -0.123. The van der Waals surface area contributed by atoms with Gasteiger partial charge in [0, 0.05) is 6.04 Å². The standard InChI is InChI=1S/C11H21N3O/c1-3-4-10(12)11(15)13-9-5-7-14(2)8-6-9/h3,9-10H,1,4-8,12H2,2H3,(H,13,15). The minimum atomic E-state index is -0.442. The Morgan fingerprint density at radius 2 is 2.27 bits per heavy atom. The van der Waals surface area contributed by atoms with Crippen LogP contribution in [0.15, 0.2) is 12.7 Å². The first-order chi connectivity index (χ1) is 7.13. The van der Waals surface area contributed by atoms with E-state index in [1.807, 2.05) is 0 Å². The SMILES string of the molecule is C=CCC(N)C(=O)NC1CCN(C)CC1. The van der Waals surface area contributed by atoms with Crippen LogP contribution >= 0.6 is 0 Å². The molecule has 1 saturated heterocycles. The maximum Gasteiger partial charge on any atom is 0.237 e. The van der Waals surface area contributed by atoms with Gasteiger partial charge in [-0.15, -0.1) is 6.58 Å². The molecule has 1 aliphatic rings. The molecule has 0 aliphatic carbocycles. The predicted octanol–water partition coefficient (Wildman–Crippen LogP) is 0.100. The number of nitrogens with one attached hydrogen (secondary N) is 1. The smallest absolute Gasteiger partial charge is 0.237 e. The fraction of sp³-hybridized carbons (Fsp3) is 0.727. The normalized spacial score (nSPS) is 20.9. The Morgan fingerprint density at radius 3 is 2.80 bits per heavy atom. The van der Waals surface area contributed by atoms with Crippen LogP contribution in [0.4, 0.5) is 0 Å². The number of piperidine rings is 1. The second-order valence-corrected chi connectivity index (χ2v) is 4.22. The number of carbonyl (C=O) groups excluding carboxylic acids is 1. The summed E-state index contributed by atoms with van der Waals surface area (Å²) >= 11 is 0. The molecular formula is C11H21N3O. The van der Waals surface area contributed by atoms with E-state index in [9.17, 15) is 4.79 Å². The van der Waals surface area contributed by atoms with E-state index in [2.05, 4.69) is 23.8 Å². The molecule has 1 heterocycles. The lowest BCUT2D eigenvalue weighted by atomic mass is 10.0. The van der Waals surface area contributed by atoms with Gasteiger partial charge in [-0.25, -0.2) is 0 Å². The molecule has 1 unspecified atom stereocenters. The van der Waals surface area contributed by atoms with Crippen LogP contribution in [0.5, 0.6) is 0 Å². The molecule has 0 aromatic rings. The number of nitrogens with two attached hydrogens (primary N) is 1. The largest absolute Gasteiger partial charge is 0.352 e. The van der Waals surface area contributed by atoms with Crippen LogP contribution in [0, 0.1) is 0 Å². The van der Waals surface area contributed by atoms with Crippen molar-refractivity contribution >= 4 is 5.91 Å². The van der Waals surface area contributed by atoms with Gasteiger partial charge in [-0.2, -0.15) is 0 Å². The average Bonchev–Trinajstić information content (AvgIpc) is 2.22. The van der Waals surface area contributed by atoms with Gasteiger partial charge in [0.05, 0.1) is 6.04 Å². The zero-order valence-electron chi connectivity index (χ0n) is 9.41. The van der Waals surface area contributed by atoms with Crippen molar-refractivity contribution in [2.24, 2.45) is 5.73 Å². The highest BCUT2D eigenvalue weighted by Crippen LogP contribution is 2.08. The summed E-state index contributed by atoms with van der Waals surface area (Å²) < 4.78 is 0. The second-order valence-electron chi connectivity index (χ2n) is 4.22. The van der Waals surface area contributed by atoms with Crippen LogP contribution in [0.2, 0.25) is 0 Å². The van der Waals surface area contributed by atoms with E-state index in [0.717, 1.165) is 25.9 Å². The Morgan fingerprint density at radius 1 is 1.67 bits per heavy atom. The molecule has 0 saturated carbocycles. The molecule has 15 heavy (non-hydrogen) atoms. The molecule has 1 atom stereocenters. The van der Waals surface area contributed by atoms with Crippen LogP contribution in [-0.2, 0) is 4.79 Å². The van der Waals surface area contributed by atoms with Crippen molar-refractivity contribution in [1.82, 2.24) is 10.2 Å². The maximum absolute atomic E-state index is 11.6. The first kappa shape index (κ1) is 12.2. The Balaban J connectivity index is 2.28. The minimum absolute atomic E-state index is 0.0514. The predicted molar refractivity (Wildman–Crippen MR) is 61.5 cm³/mol. The highest BCUT2D eigenvalue weighted by molar-refractivity contribution is 5.81. The minimum Gasteiger partial charge on any atom is -0.352 e. The number of hydrogen-bond acceptors (Lipinski definition) is 3. The van der Waals surface area contributed by atoms with Gasteiger partial charge in [-0.1, -0.05) is 6.08 Å². The molecule has 1 rings (SSSR count). The van der Waals surface area contributed by atoms with Gasteiger partial charge in [0.2, 0.25) is 5.91 Å². The zero-order chi connectivity index (χ0) is 11.3. The van der Waals surface area contributed by atoms with Crippen LogP contribution < -0.4 is 11.1 Å². The molecule has 0 bridgehead atoms. The molecule has 0 aromatic heterocycles. The van der Waals surface area contributed by atoms with Crippen molar-refractivity contribution in [2.45, 2.75) is 31.3 Å². The van der Waals surface area contributed by atoms with E-state index in [1.54, 1.807) is 6.08 Å². The van der Waals surface area contributed by atoms with E-state index in [-0.39, 0.29) is 5.91 Å². The monoisotopic (exact) mass is 211 g/mol. The van der Waals surface area contributed by atoms with Gasteiger partial charge in [-0.05, 0) is 39.4 Å². The Hall–Kier alpha value is -0.870. The first-order valence-corrected chi connectivity index (χ1v) is 5.49. The summed E-state index contributed by atoms with van der Waals surface area (Å²) in [5.74, 6) is -0.0514. The molecule has 1 aliphatic heterocycles. The fourth-order valence-corrected chi connectivity index (χ4v) is 1.75. The van der Waals surface area contributed by atoms with Crippen molar-refractivity contribution in [2.75, 3.05) is 20.1 Å². The van der Waals surface area contributed by atoms with Gasteiger partial charge < -0.3 is 16.0 Å². The first-order valence-electron chi connectivity index (χ1n) is 5.49. The van der Waals surface area contributed by atoms with Crippen LogP contribution in [0.1, 0.15) is 19.3 Å². The zero-order valence-corrected chi connectivity index (χ0v) is 9.41. The Bertz CT molecular complexity index is 222. The van der Waals surface area contributed by atoms with Crippen LogP contribution in [-0.4, -0.2) is 43.0 Å². The fourth-order valence-electron chi connectivity index (χ4n) is 1.75. The third kappa shape index (κ3) is 4.01. The number of carbonyl (C=O) groups is 1. The quantitative estimate of drug-likeness (QED) is 0.648. The van der Waals surface area contributed by atoms with Crippen molar-refractivity contribution in [3.63, 3.8) is 0 Å². The maximum atomic E-state index is 11.6. The van der Waals surface area contributed by atoms with Gasteiger partial charge in [0.15, 0.2) is 0 Å². The van der Waals surface area contributed by atoms with E-state index in [0.29, 0.717) is 12.5 Å². The van der Waals surface area contributed by atoms with E-state index in [1.165, 1.54) is 0 Å². The second kappa shape index (κ2) is 5.88. The number of amides is 1. The summed E-state index contributed by atoms with van der Waals surface area (Å²) in [5, 5.41) is 2.99. The van der Waals surface area contributed by atoms with Crippen molar-refractivity contribution in [3.8, 4) is 0 Å². The Labute approximate surface area is 91.5 Å². The molecule has 1 fully saturated rings. The highest BCUT2D eigenvalue weighted by atomic mass is 16.2. The number of nitrogens with zero attached hydrogens (tertiary/aromatic N) is 1. The molecule has 4 nitrogen and oxygen atoms in total. The van der Waals surface area contributed by atoms with Gasteiger partial charge in [-0.3, -0.25) is 4.79 Å². The summed E-state index contributed by atoms with van der Waals surface area (Å²) in [4.78, 5) is 13.9. The summed E-state index contributed by atoms with van der Waals surface area (Å²) in [6.07, 6.45) is 4.25. The molecular weight excluding hydrogens is 190 g/mol. The van der Waals surface area contributed by atoms with Gasteiger partial charge >= 0.3 is 0 Å².